The predicted molar refractivity (Wildman–Crippen MR) is 116 cm³/mol. The van der Waals surface area contributed by atoms with Gasteiger partial charge in [-0.25, -0.2) is 0 Å². The maximum Gasteiger partial charge on any atom is 0.191 e. The van der Waals surface area contributed by atoms with Gasteiger partial charge in [0.15, 0.2) is 5.96 Å². The van der Waals surface area contributed by atoms with Crippen LogP contribution in [0.4, 0.5) is 0 Å². The average molecular weight is 460 g/mol. The second-order valence-electron chi connectivity index (χ2n) is 6.71. The molecule has 6 heteroatoms. The average Bonchev–Trinajstić information content (AvgIpc) is 2.55. The molecule has 0 radical (unpaired) electrons. The minimum Gasteiger partial charge on any atom is -0.373 e. The summed E-state index contributed by atoms with van der Waals surface area (Å²) in [7, 11) is 1.82. The van der Waals surface area contributed by atoms with Crippen molar-refractivity contribution in [1.29, 1.82) is 0 Å². The molecule has 1 aliphatic rings. The Balaban J connectivity index is 0.00000312. The SMILES string of the molecule is CN=C(NCCCN1CC(C)OC(C)C1)NCc1ccc(C)cc1.I. The Morgan fingerprint density at radius 2 is 1.80 bits per heavy atom. The minimum absolute atomic E-state index is 0. The molecule has 1 fully saturated rings. The molecule has 0 amide bonds. The quantitative estimate of drug-likeness (QED) is 0.297. The third-order valence-corrected chi connectivity index (χ3v) is 4.24. The van der Waals surface area contributed by atoms with Gasteiger partial charge in [-0.15, -0.1) is 24.0 Å². The van der Waals surface area contributed by atoms with Gasteiger partial charge < -0.3 is 15.4 Å². The van der Waals surface area contributed by atoms with Crippen molar-refractivity contribution in [3.63, 3.8) is 0 Å². The highest BCUT2D eigenvalue weighted by atomic mass is 127. The van der Waals surface area contributed by atoms with Crippen LogP contribution in [-0.2, 0) is 11.3 Å². The zero-order valence-corrected chi connectivity index (χ0v) is 18.2. The van der Waals surface area contributed by atoms with E-state index in [0.29, 0.717) is 12.2 Å². The number of nitrogens with one attached hydrogen (secondary N) is 2. The van der Waals surface area contributed by atoms with Gasteiger partial charge in [-0.3, -0.25) is 9.89 Å². The molecule has 0 aromatic heterocycles. The number of rotatable bonds is 6. The Bertz CT molecular complexity index is 511. The fraction of sp³-hybridized carbons (Fsp3) is 0.632. The van der Waals surface area contributed by atoms with E-state index in [-0.39, 0.29) is 24.0 Å². The Hall–Kier alpha value is -0.860. The molecule has 1 aliphatic heterocycles. The monoisotopic (exact) mass is 460 g/mol. The van der Waals surface area contributed by atoms with Crippen molar-refractivity contribution in [2.45, 2.75) is 45.9 Å². The minimum atomic E-state index is 0. The smallest absolute Gasteiger partial charge is 0.191 e. The lowest BCUT2D eigenvalue weighted by molar-refractivity contribution is -0.0679. The van der Waals surface area contributed by atoms with E-state index in [1.54, 1.807) is 0 Å². The molecule has 0 spiro atoms. The summed E-state index contributed by atoms with van der Waals surface area (Å²) in [6.07, 6.45) is 1.78. The van der Waals surface area contributed by atoms with Gasteiger partial charge in [0.2, 0.25) is 0 Å². The van der Waals surface area contributed by atoms with Crippen LogP contribution in [0, 0.1) is 6.92 Å². The van der Waals surface area contributed by atoms with E-state index in [4.69, 9.17) is 4.74 Å². The fourth-order valence-electron chi connectivity index (χ4n) is 3.09. The maximum absolute atomic E-state index is 5.77. The van der Waals surface area contributed by atoms with Crippen molar-refractivity contribution in [2.75, 3.05) is 33.2 Å². The number of aliphatic imine (C=N–C) groups is 1. The van der Waals surface area contributed by atoms with Crippen molar-refractivity contribution in [3.8, 4) is 0 Å². The fourth-order valence-corrected chi connectivity index (χ4v) is 3.09. The summed E-state index contributed by atoms with van der Waals surface area (Å²) in [5.74, 6) is 0.860. The lowest BCUT2D eigenvalue weighted by atomic mass is 10.1. The van der Waals surface area contributed by atoms with E-state index in [2.05, 4.69) is 65.6 Å². The lowest BCUT2D eigenvalue weighted by Gasteiger charge is -2.35. The van der Waals surface area contributed by atoms with Crippen LogP contribution in [0.3, 0.4) is 0 Å². The van der Waals surface area contributed by atoms with Gasteiger partial charge in [-0.2, -0.15) is 0 Å². The summed E-state index contributed by atoms with van der Waals surface area (Å²) in [4.78, 5) is 6.78. The number of morpholine rings is 1. The molecule has 1 aromatic carbocycles. The standard InChI is InChI=1S/C19H32N4O.HI/c1-15-6-8-18(9-7-15)12-22-19(20-4)21-10-5-11-23-13-16(2)24-17(3)14-23;/h6-9,16-17H,5,10-14H2,1-4H3,(H2,20,21,22);1H. The summed E-state index contributed by atoms with van der Waals surface area (Å²) in [5.41, 5.74) is 2.55. The van der Waals surface area contributed by atoms with E-state index in [1.165, 1.54) is 11.1 Å². The number of nitrogens with zero attached hydrogens (tertiary/aromatic N) is 2. The van der Waals surface area contributed by atoms with Crippen LogP contribution >= 0.6 is 24.0 Å². The summed E-state index contributed by atoms with van der Waals surface area (Å²) in [5, 5.41) is 6.76. The summed E-state index contributed by atoms with van der Waals surface area (Å²) >= 11 is 0. The number of halogens is 1. The van der Waals surface area contributed by atoms with E-state index >= 15 is 0 Å². The highest BCUT2D eigenvalue weighted by Crippen LogP contribution is 2.10. The Labute approximate surface area is 169 Å². The highest BCUT2D eigenvalue weighted by molar-refractivity contribution is 14.0. The van der Waals surface area contributed by atoms with Crippen molar-refractivity contribution in [2.24, 2.45) is 4.99 Å². The first-order valence-corrected chi connectivity index (χ1v) is 8.94. The van der Waals surface area contributed by atoms with Crippen LogP contribution in [0.1, 0.15) is 31.4 Å². The molecule has 2 atom stereocenters. The first-order valence-electron chi connectivity index (χ1n) is 8.94. The first-order chi connectivity index (χ1) is 11.6. The second kappa shape index (κ2) is 11.7. The Morgan fingerprint density at radius 3 is 2.40 bits per heavy atom. The van der Waals surface area contributed by atoms with Crippen LogP contribution in [0.2, 0.25) is 0 Å². The molecule has 1 saturated heterocycles. The normalized spacial score (nSPS) is 21.5. The van der Waals surface area contributed by atoms with E-state index in [1.807, 2.05) is 7.05 Å². The number of ether oxygens (including phenoxy) is 1. The molecular weight excluding hydrogens is 427 g/mol. The molecular formula is C19H33IN4O. The van der Waals surface area contributed by atoms with Crippen LogP contribution < -0.4 is 10.6 Å². The second-order valence-corrected chi connectivity index (χ2v) is 6.71. The van der Waals surface area contributed by atoms with Crippen molar-refractivity contribution < 1.29 is 4.74 Å². The van der Waals surface area contributed by atoms with Crippen molar-refractivity contribution >= 4 is 29.9 Å². The Kier molecular flexibility index (Phi) is 10.4. The first kappa shape index (κ1) is 22.2. The van der Waals surface area contributed by atoms with Gasteiger partial charge in [0.05, 0.1) is 12.2 Å². The van der Waals surface area contributed by atoms with Crippen LogP contribution in [-0.4, -0.2) is 56.3 Å². The zero-order chi connectivity index (χ0) is 17.4. The molecule has 5 nitrogen and oxygen atoms in total. The van der Waals surface area contributed by atoms with Gasteiger partial charge in [0.25, 0.3) is 0 Å². The largest absolute Gasteiger partial charge is 0.373 e. The molecule has 0 aliphatic carbocycles. The summed E-state index contributed by atoms with van der Waals surface area (Å²) < 4.78 is 5.77. The summed E-state index contributed by atoms with van der Waals surface area (Å²) in [6.45, 7) is 11.3. The molecule has 142 valence electrons. The van der Waals surface area contributed by atoms with Crippen LogP contribution in [0.25, 0.3) is 0 Å². The summed E-state index contributed by atoms with van der Waals surface area (Å²) in [6, 6.07) is 8.57. The molecule has 1 aromatic rings. The van der Waals surface area contributed by atoms with Crippen molar-refractivity contribution in [1.82, 2.24) is 15.5 Å². The Morgan fingerprint density at radius 1 is 1.16 bits per heavy atom. The van der Waals surface area contributed by atoms with E-state index in [9.17, 15) is 0 Å². The topological polar surface area (TPSA) is 48.9 Å². The zero-order valence-electron chi connectivity index (χ0n) is 15.9. The van der Waals surface area contributed by atoms with Gasteiger partial charge in [0.1, 0.15) is 0 Å². The van der Waals surface area contributed by atoms with Gasteiger partial charge in [0, 0.05) is 39.8 Å². The molecule has 0 bridgehead atoms. The number of aryl methyl sites for hydroxylation is 1. The number of benzene rings is 1. The molecule has 1 heterocycles. The molecule has 0 saturated carbocycles. The number of hydrogen-bond donors (Lipinski definition) is 2. The maximum atomic E-state index is 5.77. The number of hydrogen-bond acceptors (Lipinski definition) is 3. The molecule has 2 N–H and O–H groups in total. The third-order valence-electron chi connectivity index (χ3n) is 4.24. The highest BCUT2D eigenvalue weighted by Gasteiger charge is 2.21. The van der Waals surface area contributed by atoms with E-state index < -0.39 is 0 Å². The van der Waals surface area contributed by atoms with Gasteiger partial charge in [-0.1, -0.05) is 29.8 Å². The molecule has 25 heavy (non-hydrogen) atoms. The van der Waals surface area contributed by atoms with Gasteiger partial charge in [-0.05, 0) is 32.8 Å². The van der Waals surface area contributed by atoms with Crippen LogP contribution in [0.15, 0.2) is 29.3 Å². The third kappa shape index (κ3) is 8.37. The van der Waals surface area contributed by atoms with Gasteiger partial charge >= 0.3 is 0 Å². The molecule has 2 unspecified atom stereocenters. The van der Waals surface area contributed by atoms with Crippen molar-refractivity contribution in [3.05, 3.63) is 35.4 Å². The predicted octanol–water partition coefficient (Wildman–Crippen LogP) is 2.78. The van der Waals surface area contributed by atoms with Crippen LogP contribution in [0.5, 0.6) is 0 Å². The number of guanidine groups is 1. The molecule has 2 rings (SSSR count). The van der Waals surface area contributed by atoms with E-state index in [0.717, 1.165) is 45.1 Å². The lowest BCUT2D eigenvalue weighted by Crippen LogP contribution is -2.46.